The van der Waals surface area contributed by atoms with Crippen LogP contribution in [0.1, 0.15) is 16.1 Å². The van der Waals surface area contributed by atoms with Crippen LogP contribution in [0, 0.1) is 0 Å². The minimum absolute atomic E-state index is 0.236. The number of methoxy groups -OCH3 is 1. The van der Waals surface area contributed by atoms with Crippen LogP contribution >= 0.6 is 0 Å². The predicted molar refractivity (Wildman–Crippen MR) is 81.4 cm³/mol. The van der Waals surface area contributed by atoms with Crippen molar-refractivity contribution >= 4 is 11.8 Å². The van der Waals surface area contributed by atoms with E-state index in [2.05, 4.69) is 10.3 Å². The number of aromatic nitrogens is 1. The van der Waals surface area contributed by atoms with Gasteiger partial charge in [0.2, 0.25) is 5.91 Å². The Morgan fingerprint density at radius 2 is 2.09 bits per heavy atom. The SMILES string of the molecule is COc1cccc(C[C@H](NC(=O)c2ccccn2)C(N)=O)c1. The van der Waals surface area contributed by atoms with E-state index in [9.17, 15) is 9.59 Å². The van der Waals surface area contributed by atoms with Gasteiger partial charge in [-0.3, -0.25) is 14.6 Å². The van der Waals surface area contributed by atoms with Gasteiger partial charge in [0.05, 0.1) is 7.11 Å². The van der Waals surface area contributed by atoms with Crippen LogP contribution in [0.5, 0.6) is 5.75 Å². The van der Waals surface area contributed by atoms with E-state index in [1.165, 1.54) is 6.20 Å². The molecule has 0 spiro atoms. The molecule has 0 fully saturated rings. The van der Waals surface area contributed by atoms with Crippen molar-refractivity contribution in [3.8, 4) is 5.75 Å². The Morgan fingerprint density at radius 1 is 1.27 bits per heavy atom. The summed E-state index contributed by atoms with van der Waals surface area (Å²) in [6, 6.07) is 11.4. The van der Waals surface area contributed by atoms with Crippen molar-refractivity contribution in [2.45, 2.75) is 12.5 Å². The van der Waals surface area contributed by atoms with Crippen LogP contribution in [0.3, 0.4) is 0 Å². The molecule has 6 nitrogen and oxygen atoms in total. The predicted octanol–water partition coefficient (Wildman–Crippen LogP) is 0.917. The standard InChI is InChI=1S/C16H17N3O3/c1-22-12-6-4-5-11(9-12)10-14(15(17)20)19-16(21)13-7-2-3-8-18-13/h2-9,14H,10H2,1H3,(H2,17,20)(H,19,21)/t14-/m0/s1. The maximum absolute atomic E-state index is 12.1. The highest BCUT2D eigenvalue weighted by molar-refractivity contribution is 5.95. The average molecular weight is 299 g/mol. The van der Waals surface area contributed by atoms with Crippen LogP contribution in [0.15, 0.2) is 48.7 Å². The quantitative estimate of drug-likeness (QED) is 0.829. The number of nitrogens with two attached hydrogens (primary N) is 1. The van der Waals surface area contributed by atoms with Gasteiger partial charge in [-0.15, -0.1) is 0 Å². The molecule has 2 amide bonds. The molecule has 0 aliphatic carbocycles. The fraction of sp³-hybridized carbons (Fsp3) is 0.188. The summed E-state index contributed by atoms with van der Waals surface area (Å²) in [5, 5.41) is 2.60. The summed E-state index contributed by atoms with van der Waals surface area (Å²) in [5.74, 6) is -0.365. The number of carbonyl (C=O) groups is 2. The van der Waals surface area contributed by atoms with Crippen molar-refractivity contribution in [1.29, 1.82) is 0 Å². The van der Waals surface area contributed by atoms with E-state index in [-0.39, 0.29) is 12.1 Å². The zero-order chi connectivity index (χ0) is 15.9. The summed E-state index contributed by atoms with van der Waals surface area (Å²) >= 11 is 0. The van der Waals surface area contributed by atoms with Crippen molar-refractivity contribution in [2.24, 2.45) is 5.73 Å². The second-order valence-corrected chi connectivity index (χ2v) is 4.70. The van der Waals surface area contributed by atoms with E-state index in [0.29, 0.717) is 5.75 Å². The van der Waals surface area contributed by atoms with Crippen LogP contribution in [0.2, 0.25) is 0 Å². The molecule has 114 valence electrons. The van der Waals surface area contributed by atoms with Gasteiger partial charge in [-0.2, -0.15) is 0 Å². The molecule has 0 aliphatic heterocycles. The third-order valence-corrected chi connectivity index (χ3v) is 3.12. The lowest BCUT2D eigenvalue weighted by Gasteiger charge is -2.15. The molecule has 0 unspecified atom stereocenters. The first-order valence-electron chi connectivity index (χ1n) is 6.74. The van der Waals surface area contributed by atoms with Gasteiger partial charge in [-0.1, -0.05) is 18.2 Å². The lowest BCUT2D eigenvalue weighted by molar-refractivity contribution is -0.119. The van der Waals surface area contributed by atoms with Crippen LogP contribution in [-0.2, 0) is 11.2 Å². The second-order valence-electron chi connectivity index (χ2n) is 4.70. The molecule has 3 N–H and O–H groups in total. The molecule has 0 saturated heterocycles. The zero-order valence-electron chi connectivity index (χ0n) is 12.2. The Hall–Kier alpha value is -2.89. The highest BCUT2D eigenvalue weighted by Gasteiger charge is 2.20. The first kappa shape index (κ1) is 15.5. The fourth-order valence-electron chi connectivity index (χ4n) is 1.99. The van der Waals surface area contributed by atoms with E-state index in [0.717, 1.165) is 5.56 Å². The number of rotatable bonds is 6. The number of hydrogen-bond donors (Lipinski definition) is 2. The molecule has 1 atom stereocenters. The summed E-state index contributed by atoms with van der Waals surface area (Å²) in [6.45, 7) is 0. The number of primary amides is 1. The number of pyridine rings is 1. The van der Waals surface area contributed by atoms with E-state index in [1.54, 1.807) is 37.4 Å². The number of nitrogens with one attached hydrogen (secondary N) is 1. The summed E-state index contributed by atoms with van der Waals surface area (Å²) in [6.07, 6.45) is 1.79. The Bertz CT molecular complexity index is 659. The number of nitrogens with zero attached hydrogens (tertiary/aromatic N) is 1. The van der Waals surface area contributed by atoms with Crippen molar-refractivity contribution in [1.82, 2.24) is 10.3 Å². The van der Waals surface area contributed by atoms with E-state index in [4.69, 9.17) is 10.5 Å². The Labute approximate surface area is 128 Å². The zero-order valence-corrected chi connectivity index (χ0v) is 12.2. The van der Waals surface area contributed by atoms with Crippen molar-refractivity contribution in [3.05, 3.63) is 59.9 Å². The average Bonchev–Trinajstić information content (AvgIpc) is 2.55. The van der Waals surface area contributed by atoms with Gasteiger partial charge >= 0.3 is 0 Å². The summed E-state index contributed by atoms with van der Waals surface area (Å²) in [5.41, 5.74) is 6.45. The molecule has 2 aromatic rings. The lowest BCUT2D eigenvalue weighted by atomic mass is 10.0. The molecule has 0 bridgehead atoms. The van der Waals surface area contributed by atoms with Crippen LogP contribution in [-0.4, -0.2) is 29.9 Å². The third-order valence-electron chi connectivity index (χ3n) is 3.12. The summed E-state index contributed by atoms with van der Waals surface area (Å²) < 4.78 is 5.13. The maximum atomic E-state index is 12.1. The Morgan fingerprint density at radius 3 is 2.73 bits per heavy atom. The van der Waals surface area contributed by atoms with Gasteiger partial charge < -0.3 is 15.8 Å². The molecule has 0 radical (unpaired) electrons. The maximum Gasteiger partial charge on any atom is 0.270 e. The number of amides is 2. The summed E-state index contributed by atoms with van der Waals surface area (Å²) in [7, 11) is 1.56. The lowest BCUT2D eigenvalue weighted by Crippen LogP contribution is -2.46. The molecule has 22 heavy (non-hydrogen) atoms. The number of benzene rings is 1. The largest absolute Gasteiger partial charge is 0.497 e. The number of hydrogen-bond acceptors (Lipinski definition) is 4. The van der Waals surface area contributed by atoms with Gasteiger partial charge in [0, 0.05) is 12.6 Å². The highest BCUT2D eigenvalue weighted by Crippen LogP contribution is 2.14. The Kier molecular flexibility index (Phi) is 5.08. The minimum atomic E-state index is -0.818. The van der Waals surface area contributed by atoms with Crippen molar-refractivity contribution in [3.63, 3.8) is 0 Å². The van der Waals surface area contributed by atoms with Gasteiger partial charge in [0.25, 0.3) is 5.91 Å². The van der Waals surface area contributed by atoms with Crippen LogP contribution in [0.4, 0.5) is 0 Å². The number of ether oxygens (including phenoxy) is 1. The molecular formula is C16H17N3O3. The molecular weight excluding hydrogens is 282 g/mol. The van der Waals surface area contributed by atoms with E-state index < -0.39 is 17.9 Å². The monoisotopic (exact) mass is 299 g/mol. The van der Waals surface area contributed by atoms with E-state index in [1.807, 2.05) is 12.1 Å². The smallest absolute Gasteiger partial charge is 0.270 e. The molecule has 0 saturated carbocycles. The molecule has 1 heterocycles. The first-order valence-corrected chi connectivity index (χ1v) is 6.74. The van der Waals surface area contributed by atoms with E-state index >= 15 is 0 Å². The molecule has 0 aliphatic rings. The van der Waals surface area contributed by atoms with Crippen LogP contribution in [0.25, 0.3) is 0 Å². The number of carbonyl (C=O) groups excluding carboxylic acids is 2. The van der Waals surface area contributed by atoms with Gasteiger partial charge in [0.15, 0.2) is 0 Å². The highest BCUT2D eigenvalue weighted by atomic mass is 16.5. The van der Waals surface area contributed by atoms with Gasteiger partial charge in [-0.25, -0.2) is 0 Å². The molecule has 2 rings (SSSR count). The normalized spacial score (nSPS) is 11.5. The fourth-order valence-corrected chi connectivity index (χ4v) is 1.99. The molecule has 1 aromatic carbocycles. The molecule has 1 aromatic heterocycles. The van der Waals surface area contributed by atoms with Crippen LogP contribution < -0.4 is 15.8 Å². The topological polar surface area (TPSA) is 94.3 Å². The van der Waals surface area contributed by atoms with Gasteiger partial charge in [-0.05, 0) is 29.8 Å². The summed E-state index contributed by atoms with van der Waals surface area (Å²) in [4.78, 5) is 27.6. The molecule has 6 heteroatoms. The third kappa shape index (κ3) is 4.05. The second kappa shape index (κ2) is 7.21. The first-order chi connectivity index (χ1) is 10.6. The van der Waals surface area contributed by atoms with Crippen molar-refractivity contribution in [2.75, 3.05) is 7.11 Å². The van der Waals surface area contributed by atoms with Crippen molar-refractivity contribution < 1.29 is 14.3 Å². The van der Waals surface area contributed by atoms with Gasteiger partial charge in [0.1, 0.15) is 17.5 Å². The minimum Gasteiger partial charge on any atom is -0.497 e. The Balaban J connectivity index is 2.10.